The van der Waals surface area contributed by atoms with Gasteiger partial charge in [-0.25, -0.2) is 0 Å². The SMILES string of the molecule is CCC(=O)C(C)CC#N. The second kappa shape index (κ2) is 4.08. The molecule has 9 heavy (non-hydrogen) atoms. The number of hydrogen-bond acceptors (Lipinski definition) is 2. The molecule has 0 N–H and O–H groups in total. The first kappa shape index (κ1) is 8.16. The van der Waals surface area contributed by atoms with Gasteiger partial charge in [-0.1, -0.05) is 13.8 Å². The van der Waals surface area contributed by atoms with Crippen LogP contribution in [0.3, 0.4) is 0 Å². The lowest BCUT2D eigenvalue weighted by atomic mass is 10.0. The number of hydrogen-bond donors (Lipinski definition) is 0. The second-order valence-electron chi connectivity index (χ2n) is 2.08. The highest BCUT2D eigenvalue weighted by Gasteiger charge is 2.08. The number of rotatable bonds is 3. The molecule has 0 saturated carbocycles. The van der Waals surface area contributed by atoms with Crippen LogP contribution in [0.5, 0.6) is 0 Å². The summed E-state index contributed by atoms with van der Waals surface area (Å²) < 4.78 is 0. The number of Topliss-reactive ketones (excluding diaryl/α,β-unsaturated/α-hetero) is 1. The van der Waals surface area contributed by atoms with Gasteiger partial charge in [0.1, 0.15) is 5.78 Å². The van der Waals surface area contributed by atoms with Crippen LogP contribution in [0.2, 0.25) is 0 Å². The van der Waals surface area contributed by atoms with Crippen LogP contribution >= 0.6 is 0 Å². The molecule has 0 radical (unpaired) electrons. The largest absolute Gasteiger partial charge is 0.299 e. The Morgan fingerprint density at radius 2 is 2.33 bits per heavy atom. The molecule has 0 aromatic carbocycles. The molecule has 0 aromatic rings. The Bertz CT molecular complexity index is 134. The van der Waals surface area contributed by atoms with Gasteiger partial charge in [-0.2, -0.15) is 5.26 Å². The molecule has 50 valence electrons. The zero-order valence-corrected chi connectivity index (χ0v) is 5.85. The van der Waals surface area contributed by atoms with Crippen LogP contribution in [0.1, 0.15) is 26.7 Å². The van der Waals surface area contributed by atoms with Crippen LogP contribution in [0.4, 0.5) is 0 Å². The van der Waals surface area contributed by atoms with Crippen LogP contribution in [-0.2, 0) is 4.79 Å². The summed E-state index contributed by atoms with van der Waals surface area (Å²) in [6.07, 6.45) is 0.898. The molecule has 0 aromatic heterocycles. The molecule has 0 aliphatic carbocycles. The Labute approximate surface area is 55.5 Å². The summed E-state index contributed by atoms with van der Waals surface area (Å²) in [4.78, 5) is 10.8. The summed E-state index contributed by atoms with van der Waals surface area (Å²) in [6, 6.07) is 1.96. The van der Waals surface area contributed by atoms with Gasteiger partial charge in [-0.05, 0) is 0 Å². The van der Waals surface area contributed by atoms with Gasteiger partial charge >= 0.3 is 0 Å². The summed E-state index contributed by atoms with van der Waals surface area (Å²) >= 11 is 0. The lowest BCUT2D eigenvalue weighted by Gasteiger charge is -2.00. The van der Waals surface area contributed by atoms with Crippen LogP contribution in [-0.4, -0.2) is 5.78 Å². The minimum absolute atomic E-state index is 0.0694. The molecule has 0 aliphatic rings. The van der Waals surface area contributed by atoms with E-state index in [1.54, 1.807) is 6.92 Å². The van der Waals surface area contributed by atoms with Crippen LogP contribution in [0.25, 0.3) is 0 Å². The summed E-state index contributed by atoms with van der Waals surface area (Å²) in [5.41, 5.74) is 0. The van der Waals surface area contributed by atoms with E-state index in [0.29, 0.717) is 12.8 Å². The van der Waals surface area contributed by atoms with E-state index in [4.69, 9.17) is 5.26 Å². The first-order chi connectivity index (χ1) is 4.22. The molecule has 2 nitrogen and oxygen atoms in total. The second-order valence-corrected chi connectivity index (χ2v) is 2.08. The summed E-state index contributed by atoms with van der Waals surface area (Å²) in [7, 11) is 0. The third kappa shape index (κ3) is 2.86. The van der Waals surface area contributed by atoms with E-state index in [2.05, 4.69) is 0 Å². The van der Waals surface area contributed by atoms with Crippen LogP contribution < -0.4 is 0 Å². The van der Waals surface area contributed by atoms with Gasteiger partial charge in [-0.15, -0.1) is 0 Å². The van der Waals surface area contributed by atoms with Crippen molar-refractivity contribution in [2.24, 2.45) is 5.92 Å². The van der Waals surface area contributed by atoms with Gasteiger partial charge in [-0.3, -0.25) is 4.79 Å². The van der Waals surface area contributed by atoms with Crippen molar-refractivity contribution < 1.29 is 4.79 Å². The lowest BCUT2D eigenvalue weighted by molar-refractivity contribution is -0.121. The molecule has 0 rings (SSSR count). The zero-order chi connectivity index (χ0) is 7.28. The van der Waals surface area contributed by atoms with E-state index in [9.17, 15) is 4.79 Å². The quantitative estimate of drug-likeness (QED) is 0.573. The van der Waals surface area contributed by atoms with E-state index in [-0.39, 0.29) is 11.7 Å². The van der Waals surface area contributed by atoms with Crippen LogP contribution in [0, 0.1) is 17.2 Å². The van der Waals surface area contributed by atoms with E-state index in [0.717, 1.165) is 0 Å². The van der Waals surface area contributed by atoms with E-state index in [1.807, 2.05) is 13.0 Å². The van der Waals surface area contributed by atoms with Crippen molar-refractivity contribution in [3.63, 3.8) is 0 Å². The fourth-order valence-corrected chi connectivity index (χ4v) is 0.599. The van der Waals surface area contributed by atoms with Gasteiger partial charge < -0.3 is 0 Å². The molecule has 0 bridgehead atoms. The predicted molar refractivity (Wildman–Crippen MR) is 34.7 cm³/mol. The normalized spacial score (nSPS) is 12.1. The molecule has 0 fully saturated rings. The fourth-order valence-electron chi connectivity index (χ4n) is 0.599. The fraction of sp³-hybridized carbons (Fsp3) is 0.714. The number of nitriles is 1. The average molecular weight is 125 g/mol. The standard InChI is InChI=1S/C7H11NO/c1-3-7(9)6(2)4-5-8/h6H,3-4H2,1-2H3. The van der Waals surface area contributed by atoms with Crippen molar-refractivity contribution in [1.29, 1.82) is 5.26 Å². The Hall–Kier alpha value is -0.840. The molecular weight excluding hydrogens is 114 g/mol. The van der Waals surface area contributed by atoms with E-state index < -0.39 is 0 Å². The molecular formula is C7H11NO. The van der Waals surface area contributed by atoms with Crippen molar-refractivity contribution in [2.45, 2.75) is 26.7 Å². The van der Waals surface area contributed by atoms with Gasteiger partial charge in [0, 0.05) is 18.8 Å². The van der Waals surface area contributed by atoms with Gasteiger partial charge in [0.2, 0.25) is 0 Å². The smallest absolute Gasteiger partial charge is 0.136 e. The molecule has 0 aliphatic heterocycles. The summed E-state index contributed by atoms with van der Waals surface area (Å²) in [5.74, 6) is 0.108. The maximum Gasteiger partial charge on any atom is 0.136 e. The van der Waals surface area contributed by atoms with Gasteiger partial charge in [0.05, 0.1) is 6.07 Å². The Kier molecular flexibility index (Phi) is 3.70. The monoisotopic (exact) mass is 125 g/mol. The highest BCUT2D eigenvalue weighted by atomic mass is 16.1. The number of nitrogens with zero attached hydrogens (tertiary/aromatic N) is 1. The summed E-state index contributed by atoms with van der Waals surface area (Å²) in [5, 5.41) is 8.18. The molecule has 1 unspecified atom stereocenters. The molecule has 0 saturated heterocycles. The van der Waals surface area contributed by atoms with Crippen molar-refractivity contribution in [2.75, 3.05) is 0 Å². The van der Waals surface area contributed by atoms with Crippen molar-refractivity contribution in [3.05, 3.63) is 0 Å². The molecule has 0 amide bonds. The third-order valence-electron chi connectivity index (χ3n) is 1.30. The average Bonchev–Trinajstić information content (AvgIpc) is 1.87. The van der Waals surface area contributed by atoms with Gasteiger partial charge in [0.25, 0.3) is 0 Å². The highest BCUT2D eigenvalue weighted by Crippen LogP contribution is 2.03. The Balaban J connectivity index is 3.62. The maximum atomic E-state index is 10.8. The molecule has 0 spiro atoms. The molecule has 0 heterocycles. The Morgan fingerprint density at radius 1 is 1.78 bits per heavy atom. The third-order valence-corrected chi connectivity index (χ3v) is 1.30. The number of carbonyl (C=O) groups is 1. The minimum atomic E-state index is -0.0694. The van der Waals surface area contributed by atoms with E-state index >= 15 is 0 Å². The van der Waals surface area contributed by atoms with Crippen molar-refractivity contribution >= 4 is 5.78 Å². The summed E-state index contributed by atoms with van der Waals surface area (Å²) in [6.45, 7) is 3.60. The lowest BCUT2D eigenvalue weighted by Crippen LogP contribution is -2.07. The van der Waals surface area contributed by atoms with Crippen LogP contribution in [0.15, 0.2) is 0 Å². The van der Waals surface area contributed by atoms with Gasteiger partial charge in [0.15, 0.2) is 0 Å². The highest BCUT2D eigenvalue weighted by molar-refractivity contribution is 5.80. The maximum absolute atomic E-state index is 10.8. The minimum Gasteiger partial charge on any atom is -0.299 e. The first-order valence-corrected chi connectivity index (χ1v) is 3.12. The topological polar surface area (TPSA) is 40.9 Å². The number of ketones is 1. The predicted octanol–water partition coefficient (Wildman–Crippen LogP) is 1.52. The van der Waals surface area contributed by atoms with Crippen molar-refractivity contribution in [1.82, 2.24) is 0 Å². The Morgan fingerprint density at radius 3 is 2.67 bits per heavy atom. The first-order valence-electron chi connectivity index (χ1n) is 3.12. The zero-order valence-electron chi connectivity index (χ0n) is 5.85. The number of carbonyl (C=O) groups excluding carboxylic acids is 1. The molecule has 1 atom stereocenters. The van der Waals surface area contributed by atoms with E-state index in [1.165, 1.54) is 0 Å². The molecule has 2 heteroatoms. The van der Waals surface area contributed by atoms with Crippen molar-refractivity contribution in [3.8, 4) is 6.07 Å².